The van der Waals surface area contributed by atoms with Crippen LogP contribution in [-0.4, -0.2) is 23.1 Å². The fourth-order valence-electron chi connectivity index (χ4n) is 11.1. The van der Waals surface area contributed by atoms with Gasteiger partial charge in [0, 0.05) is 27.7 Å². The van der Waals surface area contributed by atoms with Gasteiger partial charge in [-0.2, -0.15) is 5.26 Å². The Hall–Kier alpha value is -8.82. The topological polar surface area (TPSA) is 65.1 Å². The Kier molecular flexibility index (Phi) is 9.64. The second-order valence-electron chi connectivity index (χ2n) is 19.7. The average molecular weight is 1120 g/mol. The molecule has 0 N–H and O–H groups in total. The number of nitrogens with zero attached hydrogens (tertiary/aromatic N) is 6. The molecule has 0 atom stereocenters. The van der Waals surface area contributed by atoms with E-state index in [9.17, 15) is 5.26 Å². The Morgan fingerprint density at radius 3 is 1.86 bits per heavy atom. The van der Waals surface area contributed by atoms with Crippen molar-refractivity contribution in [1.29, 1.82) is 5.26 Å². The fraction of sp³-hybridized carbons (Fsp3) is 0.0615. The van der Waals surface area contributed by atoms with Gasteiger partial charge >= 0.3 is 294 Å². The minimum Gasteiger partial charge on any atom is 0.0621 e. The molecule has 0 unspecified atom stereocenters. The van der Waals surface area contributed by atoms with Gasteiger partial charge in [-0.05, 0) is 35.2 Å². The van der Waals surface area contributed by atoms with E-state index in [1.165, 1.54) is 5.56 Å². The number of ether oxygens (including phenoxy) is 1. The van der Waals surface area contributed by atoms with Crippen LogP contribution in [0.25, 0.3) is 110 Å². The van der Waals surface area contributed by atoms with Gasteiger partial charge in [-0.3, -0.25) is 0 Å². The minimum absolute atomic E-state index is 0.107. The Bertz CT molecular complexity index is 4600. The standard InChI is InChI=1S/C65H42N6O.Pt/c1-65(2,3)44-30-31-67-62(34-44)70-59-36-47(28-29-51(59)52-37-53-55-33-41(39-66)32-54-50-22-10-11-25-56(50)71(64(54)55)61(53)38-60(52)70)72-46-21-14-20-45(35-46)68-40-69(58-27-13-12-26-57(58)68)63-48(42-16-6-4-7-17-42)23-15-24-49(63)43-18-8-5-9-19-43;/h4-34,37-38H,1-3H3;/q-2;. The summed E-state index contributed by atoms with van der Waals surface area (Å²) in [6.07, 6.45) is 1.91. The number of para-hydroxylation sites is 4. The normalized spacial score (nSPS) is 12.1. The number of pyridine rings is 1. The van der Waals surface area contributed by atoms with Gasteiger partial charge in [-0.15, -0.1) is 0 Å². The number of aromatic nitrogens is 5. The molecule has 0 bridgehead atoms. The molecule has 0 amide bonds. The third kappa shape index (κ3) is 6.68. The van der Waals surface area contributed by atoms with Gasteiger partial charge in [0.25, 0.3) is 0 Å². The molecular formula is C65H42N6OPt-2. The summed E-state index contributed by atoms with van der Waals surface area (Å²) >= 11 is 2.47. The molecule has 0 aliphatic rings. The van der Waals surface area contributed by atoms with Crippen molar-refractivity contribution >= 4 is 70.9 Å². The second kappa shape index (κ2) is 16.4. The summed E-state index contributed by atoms with van der Waals surface area (Å²) in [4.78, 5) is 5.04. The summed E-state index contributed by atoms with van der Waals surface area (Å²) in [6.45, 7) is 6.68. The zero-order valence-corrected chi connectivity index (χ0v) is 42.2. The Labute approximate surface area is 431 Å². The molecular weight excluding hydrogens is 1080 g/mol. The average Bonchev–Trinajstić information content (AvgIpc) is 4.14. The zero-order chi connectivity index (χ0) is 49.1. The van der Waals surface area contributed by atoms with E-state index in [2.05, 4.69) is 240 Å². The van der Waals surface area contributed by atoms with Gasteiger partial charge in [0.1, 0.15) is 0 Å². The summed E-state index contributed by atoms with van der Waals surface area (Å²) in [5.41, 5.74) is 15.5. The number of fused-ring (bicyclic) bond motifs is 10. The number of imidazole rings is 1. The summed E-state index contributed by atoms with van der Waals surface area (Å²) in [7, 11) is 0. The molecule has 0 radical (unpaired) electrons. The predicted octanol–water partition coefficient (Wildman–Crippen LogP) is 16.0. The van der Waals surface area contributed by atoms with Crippen molar-refractivity contribution in [2.75, 3.05) is 0 Å². The fourth-order valence-corrected chi connectivity index (χ4v) is 12.1. The van der Waals surface area contributed by atoms with Crippen molar-refractivity contribution in [2.45, 2.75) is 26.2 Å². The maximum atomic E-state index is 10.2. The van der Waals surface area contributed by atoms with Crippen LogP contribution in [0.5, 0.6) is 11.5 Å². The molecule has 0 fully saturated rings. The summed E-state index contributed by atoms with van der Waals surface area (Å²) in [6, 6.07) is 77.9. The van der Waals surface area contributed by atoms with E-state index in [0.717, 1.165) is 114 Å². The Morgan fingerprint density at radius 1 is 0.521 bits per heavy atom. The first-order valence-electron chi connectivity index (χ1n) is 24.3. The molecule has 5 aromatic heterocycles. The van der Waals surface area contributed by atoms with Crippen LogP contribution in [0.2, 0.25) is 0 Å². The molecule has 0 aliphatic heterocycles. The van der Waals surface area contributed by atoms with E-state index in [4.69, 9.17) is 9.72 Å². The van der Waals surface area contributed by atoms with E-state index in [0.29, 0.717) is 17.1 Å². The SMILES string of the molecule is CC(C)(C)c1ccnc(-n2c3[c-]c(Oc4[c-]c(-n5[c](=[Pt])n(-c6c(-c7ccccc7)cccc6-c6ccccc6)c6ccccc65)ccc4)ccc3c3cc4c5cc(C#N)cc6c7ccccc7n(c4cc32)c65)c1. The molecule has 0 saturated carbocycles. The maximum absolute atomic E-state index is 10.2. The number of nitriles is 1. The number of hydrogen-bond acceptors (Lipinski definition) is 3. The van der Waals surface area contributed by atoms with Crippen molar-refractivity contribution in [3.8, 4) is 57.0 Å². The van der Waals surface area contributed by atoms with Crippen molar-refractivity contribution in [2.24, 2.45) is 0 Å². The molecule has 9 aromatic carbocycles. The number of rotatable bonds is 7. The molecule has 8 heteroatoms. The molecule has 14 aromatic rings. The number of hydrogen-bond donors (Lipinski definition) is 0. The first-order valence-corrected chi connectivity index (χ1v) is 25.5. The van der Waals surface area contributed by atoms with Crippen LogP contribution in [0, 0.1) is 27.3 Å². The molecule has 0 spiro atoms. The molecule has 0 saturated heterocycles. The molecule has 350 valence electrons. The van der Waals surface area contributed by atoms with Crippen LogP contribution in [0.15, 0.2) is 200 Å². The predicted molar refractivity (Wildman–Crippen MR) is 291 cm³/mol. The molecule has 14 rings (SSSR count). The van der Waals surface area contributed by atoms with Crippen molar-refractivity contribution in [3.05, 3.63) is 227 Å². The first kappa shape index (κ1) is 43.0. The Morgan fingerprint density at radius 2 is 1.15 bits per heavy atom. The van der Waals surface area contributed by atoms with Gasteiger partial charge in [-0.25, -0.2) is 0 Å². The van der Waals surface area contributed by atoms with Crippen LogP contribution >= 0.6 is 0 Å². The van der Waals surface area contributed by atoms with Gasteiger partial charge in [0.05, 0.1) is 28.2 Å². The summed E-state index contributed by atoms with van der Waals surface area (Å²) in [5.74, 6) is 1.91. The minimum atomic E-state index is -0.107. The van der Waals surface area contributed by atoms with Crippen LogP contribution < -0.4 is 4.74 Å². The van der Waals surface area contributed by atoms with E-state index < -0.39 is 0 Å². The third-order valence-electron chi connectivity index (χ3n) is 14.4. The first-order chi connectivity index (χ1) is 35.7. The van der Waals surface area contributed by atoms with E-state index in [1.807, 2.05) is 36.5 Å². The van der Waals surface area contributed by atoms with E-state index in [-0.39, 0.29) is 5.41 Å². The van der Waals surface area contributed by atoms with Crippen LogP contribution in [0.4, 0.5) is 0 Å². The van der Waals surface area contributed by atoms with Gasteiger partial charge in [0.2, 0.25) is 0 Å². The van der Waals surface area contributed by atoms with Crippen LogP contribution in [0.1, 0.15) is 31.9 Å². The van der Waals surface area contributed by atoms with E-state index in [1.54, 1.807) is 0 Å². The zero-order valence-electron chi connectivity index (χ0n) is 40.0. The monoisotopic (exact) mass is 1120 g/mol. The molecule has 5 heterocycles. The van der Waals surface area contributed by atoms with E-state index >= 15 is 0 Å². The van der Waals surface area contributed by atoms with Crippen LogP contribution in [-0.2, 0) is 24.8 Å². The second-order valence-corrected chi connectivity index (χ2v) is 20.7. The van der Waals surface area contributed by atoms with Gasteiger partial charge < -0.3 is 4.40 Å². The Balaban J connectivity index is 0.942. The van der Waals surface area contributed by atoms with Gasteiger partial charge in [-0.1, -0.05) is 39.0 Å². The number of benzene rings is 9. The summed E-state index contributed by atoms with van der Waals surface area (Å²) < 4.78 is 17.1. The smallest absolute Gasteiger partial charge is 0.0621 e. The van der Waals surface area contributed by atoms with Crippen molar-refractivity contribution in [1.82, 2.24) is 23.1 Å². The van der Waals surface area contributed by atoms with Gasteiger partial charge in [0.15, 0.2) is 0 Å². The quantitative estimate of drug-likeness (QED) is 0.149. The third-order valence-corrected chi connectivity index (χ3v) is 15.4. The summed E-state index contributed by atoms with van der Waals surface area (Å²) in [5, 5.41) is 16.7. The van der Waals surface area contributed by atoms with Crippen LogP contribution in [0.3, 0.4) is 0 Å². The molecule has 0 aliphatic carbocycles. The molecule has 7 nitrogen and oxygen atoms in total. The van der Waals surface area contributed by atoms with Crippen molar-refractivity contribution in [3.63, 3.8) is 0 Å². The molecule has 73 heavy (non-hydrogen) atoms. The van der Waals surface area contributed by atoms with Crippen molar-refractivity contribution < 1.29 is 24.1 Å².